The Bertz CT molecular complexity index is 1630. The fourth-order valence-electron chi connectivity index (χ4n) is 3.78. The topological polar surface area (TPSA) is 105 Å². The molecule has 0 unspecified atom stereocenters. The van der Waals surface area contributed by atoms with Gasteiger partial charge in [0.2, 0.25) is 17.3 Å². The number of benzene rings is 2. The maximum atomic E-state index is 13.2. The minimum Gasteiger partial charge on any atom is -0.465 e. The van der Waals surface area contributed by atoms with Gasteiger partial charge < -0.3 is 9.52 Å². The molecular formula is C26H14Cl3N3O4. The zero-order chi connectivity index (χ0) is 25.4. The summed E-state index contributed by atoms with van der Waals surface area (Å²) in [5.41, 5.74) is 2.60. The van der Waals surface area contributed by atoms with Gasteiger partial charge in [-0.15, -0.1) is 0 Å². The summed E-state index contributed by atoms with van der Waals surface area (Å²) in [6.45, 7) is 0. The smallest absolute Gasteiger partial charge is 0.409 e. The number of pyridine rings is 2. The van der Waals surface area contributed by atoms with Crippen LogP contribution in [0.1, 0.15) is 16.1 Å². The number of ketones is 1. The van der Waals surface area contributed by atoms with E-state index in [1.165, 1.54) is 12.4 Å². The van der Waals surface area contributed by atoms with Gasteiger partial charge in [0.15, 0.2) is 0 Å². The molecule has 7 nitrogen and oxygen atoms in total. The molecule has 0 saturated heterocycles. The number of nitrogens with zero attached hydrogens (tertiary/aromatic N) is 2. The number of rotatable bonds is 5. The van der Waals surface area contributed by atoms with Gasteiger partial charge in [-0.1, -0.05) is 46.9 Å². The maximum absolute atomic E-state index is 13.2. The number of hydrogen-bond donors (Lipinski definition) is 2. The average Bonchev–Trinajstić information content (AvgIpc) is 3.20. The first-order valence-corrected chi connectivity index (χ1v) is 11.6. The van der Waals surface area contributed by atoms with E-state index in [1.807, 2.05) is 0 Å². The minimum atomic E-state index is -1.36. The third-order valence-electron chi connectivity index (χ3n) is 5.39. The van der Waals surface area contributed by atoms with Gasteiger partial charge in [-0.3, -0.25) is 15.1 Å². The molecule has 3 aromatic heterocycles. The predicted molar refractivity (Wildman–Crippen MR) is 139 cm³/mol. The summed E-state index contributed by atoms with van der Waals surface area (Å²) >= 11 is 18.7. The number of fused-ring (bicyclic) bond motifs is 1. The fourth-order valence-corrected chi connectivity index (χ4v) is 4.40. The van der Waals surface area contributed by atoms with E-state index in [4.69, 9.17) is 39.2 Å². The number of hydrogen-bond acceptors (Lipinski definition) is 5. The van der Waals surface area contributed by atoms with Crippen LogP contribution in [0.25, 0.3) is 33.5 Å². The number of carboxylic acid groups (broad SMARTS) is 1. The summed E-state index contributed by atoms with van der Waals surface area (Å²) in [6.07, 6.45) is 1.52. The number of carbonyl (C=O) groups excluding carboxylic acids is 1. The van der Waals surface area contributed by atoms with Crippen LogP contribution >= 0.6 is 34.8 Å². The van der Waals surface area contributed by atoms with E-state index >= 15 is 0 Å². The molecule has 0 atom stereocenters. The molecule has 10 heteroatoms. The lowest BCUT2D eigenvalue weighted by Crippen LogP contribution is -2.11. The van der Waals surface area contributed by atoms with Crippen LogP contribution in [0.15, 0.2) is 77.5 Å². The van der Waals surface area contributed by atoms with Crippen molar-refractivity contribution in [2.45, 2.75) is 0 Å². The molecule has 5 rings (SSSR count). The van der Waals surface area contributed by atoms with E-state index in [-0.39, 0.29) is 22.7 Å². The van der Waals surface area contributed by atoms with Gasteiger partial charge in [0.25, 0.3) is 0 Å². The number of anilines is 1. The summed E-state index contributed by atoms with van der Waals surface area (Å²) in [6, 6.07) is 16.9. The summed E-state index contributed by atoms with van der Waals surface area (Å²) in [5, 5.41) is 13.4. The number of carbonyl (C=O) groups is 2. The Morgan fingerprint density at radius 1 is 0.917 bits per heavy atom. The third-order valence-corrected chi connectivity index (χ3v) is 6.19. The Morgan fingerprint density at radius 2 is 1.67 bits per heavy atom. The second kappa shape index (κ2) is 9.62. The molecule has 3 heterocycles. The average molecular weight is 539 g/mol. The lowest BCUT2D eigenvalue weighted by atomic mass is 9.98. The molecule has 2 N–H and O–H groups in total. The largest absolute Gasteiger partial charge is 0.465 e. The summed E-state index contributed by atoms with van der Waals surface area (Å²) in [7, 11) is 0. The molecule has 0 aliphatic rings. The summed E-state index contributed by atoms with van der Waals surface area (Å²) in [5.74, 6) is -0.765. The Balaban J connectivity index is 1.81. The molecule has 0 bridgehead atoms. The van der Waals surface area contributed by atoms with Crippen LogP contribution in [0.2, 0.25) is 15.1 Å². The normalized spacial score (nSPS) is 11.0. The number of nitrogens with one attached hydrogen (secondary N) is 1. The molecule has 178 valence electrons. The van der Waals surface area contributed by atoms with Gasteiger partial charge >= 0.3 is 6.09 Å². The first-order chi connectivity index (χ1) is 17.3. The van der Waals surface area contributed by atoms with Crippen molar-refractivity contribution in [1.29, 1.82) is 0 Å². The monoisotopic (exact) mass is 537 g/mol. The standard InChI is InChI=1S/C26H14Cl3N3O4/c27-15-5-3-13(4-6-15)18-11-19-22(32-26(34)35)24(23(33)14-2-1-9-30-12-14)36-25(19)31-21(18)17-8-7-16(28)10-20(17)29/h1-12,32H,(H,34,35). The Hall–Kier alpha value is -3.91. The Kier molecular flexibility index (Phi) is 6.36. The van der Waals surface area contributed by atoms with Gasteiger partial charge in [-0.2, -0.15) is 0 Å². The molecule has 0 fully saturated rings. The Morgan fingerprint density at radius 3 is 2.33 bits per heavy atom. The fraction of sp³-hybridized carbons (Fsp3) is 0. The minimum absolute atomic E-state index is 0.0252. The highest BCUT2D eigenvalue weighted by Crippen LogP contribution is 2.41. The van der Waals surface area contributed by atoms with Crippen LogP contribution in [0.3, 0.4) is 0 Å². The van der Waals surface area contributed by atoms with Crippen molar-refractivity contribution >= 4 is 63.5 Å². The van der Waals surface area contributed by atoms with Gasteiger partial charge in [-0.05, 0) is 54.1 Å². The zero-order valence-electron chi connectivity index (χ0n) is 18.1. The lowest BCUT2D eigenvalue weighted by Gasteiger charge is -2.12. The van der Waals surface area contributed by atoms with Gasteiger partial charge in [0, 0.05) is 39.1 Å². The molecular weight excluding hydrogens is 525 g/mol. The first-order valence-electron chi connectivity index (χ1n) is 10.5. The van der Waals surface area contributed by atoms with Crippen LogP contribution in [-0.2, 0) is 0 Å². The van der Waals surface area contributed by atoms with Crippen LogP contribution in [0.4, 0.5) is 10.5 Å². The van der Waals surface area contributed by atoms with Crippen LogP contribution < -0.4 is 5.32 Å². The number of halogens is 3. The van der Waals surface area contributed by atoms with Crippen molar-refractivity contribution in [3.8, 4) is 22.4 Å². The summed E-state index contributed by atoms with van der Waals surface area (Å²) in [4.78, 5) is 33.5. The molecule has 5 aromatic rings. The molecule has 0 aliphatic carbocycles. The van der Waals surface area contributed by atoms with Crippen molar-refractivity contribution in [1.82, 2.24) is 9.97 Å². The van der Waals surface area contributed by atoms with Crippen molar-refractivity contribution in [2.75, 3.05) is 5.32 Å². The van der Waals surface area contributed by atoms with E-state index in [9.17, 15) is 14.7 Å². The van der Waals surface area contributed by atoms with Crippen molar-refractivity contribution in [2.24, 2.45) is 0 Å². The van der Waals surface area contributed by atoms with E-state index in [2.05, 4.69) is 15.3 Å². The molecule has 0 spiro atoms. The van der Waals surface area contributed by atoms with Crippen molar-refractivity contribution < 1.29 is 19.1 Å². The number of amides is 1. The van der Waals surface area contributed by atoms with E-state index in [1.54, 1.807) is 60.7 Å². The number of aromatic nitrogens is 2. The second-order valence-electron chi connectivity index (χ2n) is 7.68. The highest BCUT2D eigenvalue weighted by Gasteiger charge is 2.26. The van der Waals surface area contributed by atoms with Gasteiger partial charge in [-0.25, -0.2) is 9.78 Å². The molecule has 0 aliphatic heterocycles. The quantitative estimate of drug-likeness (QED) is 0.221. The molecule has 2 aromatic carbocycles. The highest BCUT2D eigenvalue weighted by molar-refractivity contribution is 6.36. The van der Waals surface area contributed by atoms with Gasteiger partial charge in [0.05, 0.1) is 16.1 Å². The van der Waals surface area contributed by atoms with Crippen LogP contribution in [-0.4, -0.2) is 27.0 Å². The second-order valence-corrected chi connectivity index (χ2v) is 8.96. The van der Waals surface area contributed by atoms with E-state index in [0.29, 0.717) is 37.3 Å². The first kappa shape index (κ1) is 23.8. The van der Waals surface area contributed by atoms with E-state index in [0.717, 1.165) is 5.56 Å². The van der Waals surface area contributed by atoms with Crippen molar-refractivity contribution in [3.05, 3.63) is 99.4 Å². The predicted octanol–water partition coefficient (Wildman–Crippen LogP) is 7.84. The highest BCUT2D eigenvalue weighted by atomic mass is 35.5. The molecule has 0 saturated carbocycles. The lowest BCUT2D eigenvalue weighted by molar-refractivity contribution is 0.101. The molecule has 36 heavy (non-hydrogen) atoms. The van der Waals surface area contributed by atoms with Crippen LogP contribution in [0.5, 0.6) is 0 Å². The Labute approximate surface area is 219 Å². The van der Waals surface area contributed by atoms with Crippen LogP contribution in [0, 0.1) is 0 Å². The molecule has 1 amide bonds. The maximum Gasteiger partial charge on any atom is 0.409 e. The third kappa shape index (κ3) is 4.52. The number of furan rings is 1. The zero-order valence-corrected chi connectivity index (χ0v) is 20.4. The summed E-state index contributed by atoms with van der Waals surface area (Å²) < 4.78 is 5.85. The van der Waals surface area contributed by atoms with Crippen molar-refractivity contribution in [3.63, 3.8) is 0 Å². The van der Waals surface area contributed by atoms with E-state index < -0.39 is 11.9 Å². The SMILES string of the molecule is O=C(O)Nc1c(C(=O)c2cccnc2)oc2nc(-c3ccc(Cl)cc3Cl)c(-c3ccc(Cl)cc3)cc12. The van der Waals surface area contributed by atoms with Gasteiger partial charge in [0.1, 0.15) is 5.69 Å². The molecule has 0 radical (unpaired) electrons.